The van der Waals surface area contributed by atoms with Gasteiger partial charge in [0.15, 0.2) is 0 Å². The second kappa shape index (κ2) is 19.4. The average molecular weight is 669 g/mol. The van der Waals surface area contributed by atoms with Crippen LogP contribution in [0.25, 0.3) is 21.9 Å². The van der Waals surface area contributed by atoms with Gasteiger partial charge < -0.3 is 19.3 Å². The number of aliphatic hydroxyl groups is 1. The van der Waals surface area contributed by atoms with E-state index < -0.39 is 18.5 Å². The predicted octanol–water partition coefficient (Wildman–Crippen LogP) is 9.31. The Morgan fingerprint density at radius 2 is 1.55 bits per heavy atom. The first-order valence-electron chi connectivity index (χ1n) is 18.2. The van der Waals surface area contributed by atoms with Gasteiger partial charge >= 0.3 is 11.9 Å². The van der Waals surface area contributed by atoms with Gasteiger partial charge in [-0.25, -0.2) is 9.59 Å². The minimum atomic E-state index is -0.660. The maximum Gasteiger partial charge on any atom is 0.335 e. The van der Waals surface area contributed by atoms with E-state index in [9.17, 15) is 14.7 Å². The number of hydrogen-bond donors (Lipinski definition) is 1. The molecule has 1 unspecified atom stereocenters. The van der Waals surface area contributed by atoms with Crippen molar-refractivity contribution in [3.63, 3.8) is 0 Å². The number of esters is 2. The molecule has 1 N–H and O–H groups in total. The van der Waals surface area contributed by atoms with Gasteiger partial charge in [0.25, 0.3) is 0 Å². The van der Waals surface area contributed by atoms with Gasteiger partial charge in [-0.3, -0.25) is 0 Å². The van der Waals surface area contributed by atoms with E-state index in [-0.39, 0.29) is 36.9 Å². The van der Waals surface area contributed by atoms with Crippen molar-refractivity contribution in [2.24, 2.45) is 11.8 Å². The smallest absolute Gasteiger partial charge is 0.335 e. The summed E-state index contributed by atoms with van der Waals surface area (Å²) in [6, 6.07) is 20.5. The highest BCUT2D eigenvalue weighted by Crippen LogP contribution is 2.39. The van der Waals surface area contributed by atoms with Crippen LogP contribution >= 0.6 is 0 Å². The van der Waals surface area contributed by atoms with Crippen molar-refractivity contribution in [3.05, 3.63) is 95.6 Å². The molecule has 0 bridgehead atoms. The molecule has 0 saturated heterocycles. The number of carbonyl (C=O) groups excluding carboxylic acids is 2. The fraction of sp³-hybridized carbons (Fsp3) is 0.488. The first kappa shape index (κ1) is 38.1. The molecule has 0 amide bonds. The molecule has 1 aliphatic carbocycles. The molecule has 4 rings (SSSR count). The molecule has 0 aliphatic heterocycles. The summed E-state index contributed by atoms with van der Waals surface area (Å²) in [7, 11) is 1.49. The lowest BCUT2D eigenvalue weighted by molar-refractivity contribution is -0.144. The molecule has 0 spiro atoms. The van der Waals surface area contributed by atoms with E-state index in [1.165, 1.54) is 91.5 Å². The second-order valence-corrected chi connectivity index (χ2v) is 13.8. The van der Waals surface area contributed by atoms with E-state index in [2.05, 4.69) is 81.6 Å². The van der Waals surface area contributed by atoms with E-state index in [0.29, 0.717) is 18.8 Å². The molecule has 0 heterocycles. The molecule has 0 aromatic heterocycles. The number of carbonyl (C=O) groups is 2. The molecule has 1 saturated carbocycles. The maximum absolute atomic E-state index is 12.3. The summed E-state index contributed by atoms with van der Waals surface area (Å²) in [6.45, 7) is 11.4. The molecule has 0 radical (unpaired) electrons. The van der Waals surface area contributed by atoms with Gasteiger partial charge in [0, 0.05) is 13.0 Å². The van der Waals surface area contributed by atoms with Gasteiger partial charge in [-0.2, -0.15) is 0 Å². The van der Waals surface area contributed by atoms with Crippen molar-refractivity contribution < 1.29 is 28.9 Å². The van der Waals surface area contributed by atoms with Crippen molar-refractivity contribution >= 4 is 22.7 Å². The zero-order chi connectivity index (χ0) is 35.2. The Morgan fingerprint density at radius 1 is 0.857 bits per heavy atom. The lowest BCUT2D eigenvalue weighted by Crippen LogP contribution is -2.23. The highest BCUT2D eigenvalue weighted by atomic mass is 16.5. The molecular formula is C43H56O6. The largest absolute Gasteiger partial charge is 0.462 e. The average Bonchev–Trinajstić information content (AvgIpc) is 3.13. The van der Waals surface area contributed by atoms with Crippen LogP contribution in [-0.4, -0.2) is 50.6 Å². The van der Waals surface area contributed by atoms with Crippen LogP contribution in [0.2, 0.25) is 0 Å². The molecular weight excluding hydrogens is 612 g/mol. The summed E-state index contributed by atoms with van der Waals surface area (Å²) in [4.78, 5) is 24.5. The third-order valence-corrected chi connectivity index (χ3v) is 10.1. The minimum absolute atomic E-state index is 0.0167. The van der Waals surface area contributed by atoms with Crippen molar-refractivity contribution in [2.45, 2.75) is 90.4 Å². The van der Waals surface area contributed by atoms with Crippen molar-refractivity contribution in [1.82, 2.24) is 0 Å². The van der Waals surface area contributed by atoms with Gasteiger partial charge in [0.1, 0.15) is 0 Å². The molecule has 6 nitrogen and oxygen atoms in total. The van der Waals surface area contributed by atoms with Crippen LogP contribution in [0.1, 0.15) is 94.2 Å². The minimum Gasteiger partial charge on any atom is -0.462 e. The van der Waals surface area contributed by atoms with Gasteiger partial charge in [-0.05, 0) is 101 Å². The number of ether oxygens (including phenoxy) is 3. The fourth-order valence-electron chi connectivity index (χ4n) is 7.00. The quantitative estimate of drug-likeness (QED) is 0.0779. The van der Waals surface area contributed by atoms with Crippen molar-refractivity contribution in [1.29, 1.82) is 0 Å². The van der Waals surface area contributed by atoms with Crippen LogP contribution in [0.4, 0.5) is 0 Å². The third-order valence-electron chi connectivity index (χ3n) is 10.1. The van der Waals surface area contributed by atoms with E-state index >= 15 is 0 Å². The summed E-state index contributed by atoms with van der Waals surface area (Å²) < 4.78 is 15.8. The number of fused-ring (bicyclic) bond motifs is 1. The number of aryl methyl sites for hydroxylation is 2. The summed E-state index contributed by atoms with van der Waals surface area (Å²) >= 11 is 0. The number of benzene rings is 3. The molecule has 6 heteroatoms. The number of methoxy groups -OCH3 is 1. The third kappa shape index (κ3) is 11.1. The highest BCUT2D eigenvalue weighted by Gasteiger charge is 2.23. The van der Waals surface area contributed by atoms with Gasteiger partial charge in [-0.1, -0.05) is 101 Å². The molecule has 1 atom stereocenters. The summed E-state index contributed by atoms with van der Waals surface area (Å²) in [5.74, 6) is 0.158. The Morgan fingerprint density at radius 3 is 2.22 bits per heavy atom. The number of aliphatic hydroxyl groups excluding tert-OH is 1. The van der Waals surface area contributed by atoms with Crippen molar-refractivity contribution in [3.8, 4) is 11.1 Å². The van der Waals surface area contributed by atoms with E-state index in [0.717, 1.165) is 17.9 Å². The zero-order valence-corrected chi connectivity index (χ0v) is 29.9. The molecule has 3 aromatic rings. The Hall–Kier alpha value is -3.74. The fourth-order valence-corrected chi connectivity index (χ4v) is 7.00. The predicted molar refractivity (Wildman–Crippen MR) is 199 cm³/mol. The Bertz CT molecular complexity index is 1560. The van der Waals surface area contributed by atoms with E-state index in [1.54, 1.807) is 0 Å². The topological polar surface area (TPSA) is 82.1 Å². The SMILES string of the molecule is C=C(CO)C(=O)OCC(CCc1ccc(-c2ccc3cc(C4CCC(CCCCC)CC4)ccc3c2)c(CC)c1)COC(=O)C(=C)COC. The lowest BCUT2D eigenvalue weighted by Gasteiger charge is -2.29. The Labute approximate surface area is 293 Å². The van der Waals surface area contributed by atoms with E-state index in [4.69, 9.17) is 14.2 Å². The van der Waals surface area contributed by atoms with Crippen LogP contribution < -0.4 is 0 Å². The van der Waals surface area contributed by atoms with Gasteiger partial charge in [-0.15, -0.1) is 0 Å². The monoisotopic (exact) mass is 668 g/mol. The van der Waals surface area contributed by atoms with E-state index in [1.807, 2.05) is 0 Å². The molecule has 1 fully saturated rings. The first-order valence-corrected chi connectivity index (χ1v) is 18.2. The molecule has 264 valence electrons. The zero-order valence-electron chi connectivity index (χ0n) is 29.9. The summed E-state index contributed by atoms with van der Waals surface area (Å²) in [5.41, 5.74) is 6.58. The first-order chi connectivity index (χ1) is 23.8. The highest BCUT2D eigenvalue weighted by molar-refractivity contribution is 5.89. The van der Waals surface area contributed by atoms with Crippen LogP contribution in [-0.2, 0) is 36.6 Å². The molecule has 3 aromatic carbocycles. The second-order valence-electron chi connectivity index (χ2n) is 13.8. The van der Waals surface area contributed by atoms with Crippen molar-refractivity contribution in [2.75, 3.05) is 33.5 Å². The number of unbranched alkanes of at least 4 members (excludes halogenated alkanes) is 2. The summed E-state index contributed by atoms with van der Waals surface area (Å²) in [5, 5.41) is 11.8. The summed E-state index contributed by atoms with van der Waals surface area (Å²) in [6.07, 6.45) is 13.1. The Kier molecular flexibility index (Phi) is 15.1. The Balaban J connectivity index is 1.41. The number of rotatable bonds is 19. The normalized spacial score (nSPS) is 16.7. The molecule has 49 heavy (non-hydrogen) atoms. The van der Waals surface area contributed by atoms with Crippen LogP contribution in [0.3, 0.4) is 0 Å². The lowest BCUT2D eigenvalue weighted by atomic mass is 9.76. The van der Waals surface area contributed by atoms with Crippen LogP contribution in [0.15, 0.2) is 78.9 Å². The van der Waals surface area contributed by atoms with Crippen LogP contribution in [0.5, 0.6) is 0 Å². The molecule has 1 aliphatic rings. The standard InChI is InChI=1S/C43H56O6/c1-6-8-9-10-32-13-16-36(17-14-32)37-18-19-39-25-40(21-20-38(39)24-37)41-22-15-33(23-35(41)7-2)11-12-34(28-48-42(45)30(3)26-44)29-49-43(46)31(4)27-47-5/h15,18-25,32,34,36,44H,3-4,6-14,16-17,26-29H2,1-2,5H3. The van der Waals surface area contributed by atoms with Crippen LogP contribution in [0, 0.1) is 11.8 Å². The van der Waals surface area contributed by atoms with Gasteiger partial charge in [0.2, 0.25) is 0 Å². The maximum atomic E-state index is 12.3. The number of hydrogen-bond acceptors (Lipinski definition) is 6. The van der Waals surface area contributed by atoms with Gasteiger partial charge in [0.05, 0.1) is 37.6 Å².